The summed E-state index contributed by atoms with van der Waals surface area (Å²) >= 11 is 12.0. The first-order chi connectivity index (χ1) is 17.0. The number of amides is 2. The number of imide groups is 1. The molecular formula is C22H23Cl2N5O7. The molecule has 8 N–H and O–H groups in total. The van der Waals surface area contributed by atoms with Crippen molar-refractivity contribution in [2.75, 3.05) is 25.0 Å². The molecule has 36 heavy (non-hydrogen) atoms. The lowest BCUT2D eigenvalue weighted by molar-refractivity contribution is -0.139. The van der Waals surface area contributed by atoms with Crippen LogP contribution >= 0.6 is 23.2 Å². The summed E-state index contributed by atoms with van der Waals surface area (Å²) in [6.45, 7) is -0.289. The van der Waals surface area contributed by atoms with Crippen molar-refractivity contribution in [3.63, 3.8) is 0 Å². The van der Waals surface area contributed by atoms with Crippen LogP contribution in [0.25, 0.3) is 0 Å². The fourth-order valence-corrected chi connectivity index (χ4v) is 4.08. The van der Waals surface area contributed by atoms with Crippen LogP contribution in [0.15, 0.2) is 35.3 Å². The summed E-state index contributed by atoms with van der Waals surface area (Å²) in [7, 11) is 0. The molecule has 1 aliphatic rings. The maximum absolute atomic E-state index is 13.6. The molecule has 2 atom stereocenters. The average molecular weight is 540 g/mol. The van der Waals surface area contributed by atoms with Gasteiger partial charge < -0.3 is 36.8 Å². The number of anilines is 1. The lowest BCUT2D eigenvalue weighted by Gasteiger charge is -2.30. The van der Waals surface area contributed by atoms with Gasteiger partial charge in [-0.25, -0.2) is 0 Å². The number of carbonyl (C=O) groups is 3. The first-order valence-corrected chi connectivity index (χ1v) is 11.3. The number of aliphatic hydroxyl groups excluding tert-OH is 1. The number of nitrogens with one attached hydrogen (secondary N) is 2. The van der Waals surface area contributed by atoms with Gasteiger partial charge in [-0.15, -0.1) is 0 Å². The topological polar surface area (TPSA) is 198 Å². The number of aliphatic imine (C=N–C) groups is 1. The van der Waals surface area contributed by atoms with E-state index in [0.717, 1.165) is 6.07 Å². The number of hydrogen-bond donors (Lipinski definition) is 7. The molecule has 0 saturated carbocycles. The van der Waals surface area contributed by atoms with Gasteiger partial charge in [0.05, 0.1) is 36.7 Å². The molecule has 12 nitrogen and oxygen atoms in total. The molecule has 0 aromatic heterocycles. The summed E-state index contributed by atoms with van der Waals surface area (Å²) in [5.41, 5.74) is 5.36. The van der Waals surface area contributed by atoms with Crippen molar-refractivity contribution in [3.8, 4) is 11.5 Å². The third-order valence-corrected chi connectivity index (χ3v) is 5.66. The standard InChI is InChI=1S/C22H23Cl2N5O7/c23-11-3-15(20(35)16(24)4-11)17(6-19(33)34)29(18(32)7-25)21(36)10-1-12(5-13(30)2-10)28-22-26-8-14(31)9-27-22/h1-5,14,17,30-31,35H,6-9,25H2,(H,33,34)(H2,26,27,28)/t17-/m1/s1. The van der Waals surface area contributed by atoms with E-state index in [9.17, 15) is 34.8 Å². The van der Waals surface area contributed by atoms with E-state index in [1.165, 1.54) is 24.3 Å². The van der Waals surface area contributed by atoms with Gasteiger partial charge in [-0.1, -0.05) is 23.2 Å². The fraction of sp³-hybridized carbons (Fsp3) is 0.273. The Morgan fingerprint density at radius 3 is 2.53 bits per heavy atom. The maximum atomic E-state index is 13.6. The minimum Gasteiger partial charge on any atom is -0.508 e. The number of carbonyl (C=O) groups excluding carboxylic acids is 2. The zero-order valence-corrected chi connectivity index (χ0v) is 20.1. The van der Waals surface area contributed by atoms with E-state index >= 15 is 0 Å². The normalized spacial score (nSPS) is 15.9. The molecule has 1 unspecified atom stereocenters. The predicted octanol–water partition coefficient (Wildman–Crippen LogP) is 1.28. The van der Waals surface area contributed by atoms with E-state index in [2.05, 4.69) is 15.6 Å². The Morgan fingerprint density at radius 1 is 1.19 bits per heavy atom. The molecule has 0 spiro atoms. The number of aromatic hydroxyl groups is 2. The van der Waals surface area contributed by atoms with E-state index < -0.39 is 48.6 Å². The number of guanidine groups is 1. The summed E-state index contributed by atoms with van der Waals surface area (Å²) in [5, 5.41) is 45.3. The number of phenols is 2. The zero-order chi connectivity index (χ0) is 26.6. The Bertz CT molecular complexity index is 1220. The minimum absolute atomic E-state index is 0.0329. The smallest absolute Gasteiger partial charge is 0.305 e. The van der Waals surface area contributed by atoms with Gasteiger partial charge in [-0.3, -0.25) is 24.3 Å². The van der Waals surface area contributed by atoms with Gasteiger partial charge >= 0.3 is 5.97 Å². The third kappa shape index (κ3) is 6.34. The van der Waals surface area contributed by atoms with Crippen molar-refractivity contribution in [1.29, 1.82) is 0 Å². The Morgan fingerprint density at radius 2 is 1.92 bits per heavy atom. The average Bonchev–Trinajstić information content (AvgIpc) is 2.81. The number of phenolic OH excluding ortho intramolecular Hbond substituents is 2. The zero-order valence-electron chi connectivity index (χ0n) is 18.6. The second-order valence-electron chi connectivity index (χ2n) is 7.83. The van der Waals surface area contributed by atoms with Crippen LogP contribution < -0.4 is 16.4 Å². The number of halogens is 2. The number of carboxylic acids is 1. The van der Waals surface area contributed by atoms with Gasteiger partial charge in [-0.05, 0) is 24.3 Å². The maximum Gasteiger partial charge on any atom is 0.305 e. The second kappa shape index (κ2) is 11.4. The number of hydrogen-bond acceptors (Lipinski definition) is 10. The van der Waals surface area contributed by atoms with Gasteiger partial charge in [0.2, 0.25) is 5.91 Å². The Labute approximate surface area is 214 Å². The minimum atomic E-state index is -1.54. The molecule has 0 saturated heterocycles. The van der Waals surface area contributed by atoms with Crippen molar-refractivity contribution in [3.05, 3.63) is 51.5 Å². The van der Waals surface area contributed by atoms with Crippen molar-refractivity contribution in [1.82, 2.24) is 10.2 Å². The molecule has 14 heteroatoms. The summed E-state index contributed by atoms with van der Waals surface area (Å²) in [4.78, 5) is 42.7. The lowest BCUT2D eigenvalue weighted by atomic mass is 9.99. The lowest BCUT2D eigenvalue weighted by Crippen LogP contribution is -2.44. The summed E-state index contributed by atoms with van der Waals surface area (Å²) in [5.74, 6) is -3.96. The first-order valence-electron chi connectivity index (χ1n) is 10.5. The van der Waals surface area contributed by atoms with Crippen LogP contribution in [-0.4, -0.2) is 74.8 Å². The number of carboxylic acid groups (broad SMARTS) is 1. The largest absolute Gasteiger partial charge is 0.508 e. The number of nitrogens with two attached hydrogens (primary N) is 1. The van der Waals surface area contributed by atoms with E-state index in [4.69, 9.17) is 28.9 Å². The fourth-order valence-electron chi connectivity index (χ4n) is 3.57. The highest BCUT2D eigenvalue weighted by atomic mass is 35.5. The Balaban J connectivity index is 2.06. The number of aliphatic carboxylic acids is 1. The highest BCUT2D eigenvalue weighted by Crippen LogP contribution is 2.39. The SMILES string of the molecule is NCC(=O)N(C(=O)c1cc(O)cc(NC2=NCC(O)CN2)c1)[C@H](CC(=O)O)c1cc(Cl)cc(Cl)c1O. The molecule has 1 aliphatic heterocycles. The van der Waals surface area contributed by atoms with Crippen LogP contribution in [0.3, 0.4) is 0 Å². The van der Waals surface area contributed by atoms with Crippen LogP contribution in [-0.2, 0) is 9.59 Å². The number of aliphatic hydroxyl groups is 1. The predicted molar refractivity (Wildman–Crippen MR) is 131 cm³/mol. The van der Waals surface area contributed by atoms with Crippen LogP contribution in [0, 0.1) is 0 Å². The highest BCUT2D eigenvalue weighted by Gasteiger charge is 2.35. The molecule has 2 aromatic rings. The molecule has 0 radical (unpaired) electrons. The van der Waals surface area contributed by atoms with Crippen LogP contribution in [0.5, 0.6) is 11.5 Å². The van der Waals surface area contributed by atoms with Gasteiger partial charge in [0.15, 0.2) is 5.96 Å². The molecular weight excluding hydrogens is 517 g/mol. The van der Waals surface area contributed by atoms with Crippen molar-refractivity contribution < 1.29 is 34.8 Å². The van der Waals surface area contributed by atoms with E-state index in [1.807, 2.05) is 0 Å². The van der Waals surface area contributed by atoms with Crippen LogP contribution in [0.4, 0.5) is 5.69 Å². The summed E-state index contributed by atoms with van der Waals surface area (Å²) < 4.78 is 0. The second-order valence-corrected chi connectivity index (χ2v) is 8.67. The number of β-amino-alcohol motifs (C(OH)–C–C–N with tert-alkyl or cyclic N) is 1. The Kier molecular flexibility index (Phi) is 8.58. The molecule has 192 valence electrons. The number of rotatable bonds is 7. The summed E-state index contributed by atoms with van der Waals surface area (Å²) in [6.07, 6.45) is -1.45. The van der Waals surface area contributed by atoms with Gasteiger partial charge in [0.25, 0.3) is 5.91 Å². The number of nitrogens with zero attached hydrogens (tertiary/aromatic N) is 2. The van der Waals surface area contributed by atoms with E-state index in [0.29, 0.717) is 4.90 Å². The highest BCUT2D eigenvalue weighted by molar-refractivity contribution is 6.35. The van der Waals surface area contributed by atoms with E-state index in [-0.39, 0.29) is 51.7 Å². The Hall–Kier alpha value is -3.58. The van der Waals surface area contributed by atoms with Gasteiger partial charge in [0, 0.05) is 34.4 Å². The molecule has 2 amide bonds. The molecule has 0 aliphatic carbocycles. The molecule has 1 heterocycles. The van der Waals surface area contributed by atoms with Crippen molar-refractivity contribution in [2.45, 2.75) is 18.6 Å². The molecule has 2 aromatic carbocycles. The first kappa shape index (κ1) is 27.0. The van der Waals surface area contributed by atoms with Crippen LogP contribution in [0.2, 0.25) is 10.0 Å². The van der Waals surface area contributed by atoms with Crippen molar-refractivity contribution in [2.24, 2.45) is 10.7 Å². The molecule has 0 fully saturated rings. The van der Waals surface area contributed by atoms with Gasteiger partial charge in [0.1, 0.15) is 11.5 Å². The van der Waals surface area contributed by atoms with Crippen molar-refractivity contribution >= 4 is 52.6 Å². The quantitative estimate of drug-likeness (QED) is 0.269. The summed E-state index contributed by atoms with van der Waals surface area (Å²) in [6, 6.07) is 4.54. The van der Waals surface area contributed by atoms with Gasteiger partial charge in [-0.2, -0.15) is 0 Å². The molecule has 0 bridgehead atoms. The van der Waals surface area contributed by atoms with Crippen LogP contribution in [0.1, 0.15) is 28.4 Å². The third-order valence-electron chi connectivity index (χ3n) is 5.15. The number of benzene rings is 2. The monoisotopic (exact) mass is 539 g/mol. The molecule has 3 rings (SSSR count). The van der Waals surface area contributed by atoms with E-state index in [1.54, 1.807) is 0 Å².